The summed E-state index contributed by atoms with van der Waals surface area (Å²) >= 11 is 0. The monoisotopic (exact) mass is 344 g/mol. The molecule has 0 radical (unpaired) electrons. The second-order valence-electron chi connectivity index (χ2n) is 5.78. The number of anilines is 2. The van der Waals surface area contributed by atoms with Crippen molar-refractivity contribution in [2.45, 2.75) is 26.8 Å². The van der Waals surface area contributed by atoms with Crippen LogP contribution in [0.1, 0.15) is 20.8 Å². The number of rotatable bonds is 6. The molecule has 0 bridgehead atoms. The van der Waals surface area contributed by atoms with Gasteiger partial charge in [0.2, 0.25) is 11.8 Å². The van der Waals surface area contributed by atoms with Crippen molar-refractivity contribution in [3.8, 4) is 11.8 Å². The Kier molecular flexibility index (Phi) is 5.47. The summed E-state index contributed by atoms with van der Waals surface area (Å²) in [6, 6.07) is 4.07. The molecule has 8 heteroatoms. The van der Waals surface area contributed by atoms with E-state index in [1.54, 1.807) is 12.7 Å². The summed E-state index contributed by atoms with van der Waals surface area (Å²) < 4.78 is 11.0. The third-order valence-electron chi connectivity index (χ3n) is 4.09. The lowest BCUT2D eigenvalue weighted by Gasteiger charge is -2.41. The molecule has 3 heterocycles. The Morgan fingerprint density at radius 3 is 2.12 bits per heavy atom. The second-order valence-corrected chi connectivity index (χ2v) is 5.78. The number of aromatic nitrogens is 4. The van der Waals surface area contributed by atoms with Crippen LogP contribution in [0.4, 0.5) is 11.6 Å². The zero-order valence-electron chi connectivity index (χ0n) is 14.9. The van der Waals surface area contributed by atoms with Crippen molar-refractivity contribution in [2.75, 3.05) is 42.6 Å². The van der Waals surface area contributed by atoms with Crippen LogP contribution in [0.15, 0.2) is 24.8 Å². The Morgan fingerprint density at radius 2 is 1.52 bits per heavy atom. The molecule has 3 rings (SSSR count). The van der Waals surface area contributed by atoms with Gasteiger partial charge in [0.05, 0.1) is 13.2 Å². The fourth-order valence-electron chi connectivity index (χ4n) is 2.95. The predicted octanol–water partition coefficient (Wildman–Crippen LogP) is 1.78. The summed E-state index contributed by atoms with van der Waals surface area (Å²) in [6.45, 7) is 9.79. The SMILES string of the molecule is CCOc1cc(N2CCN(c3cc(OCC)ncn3)[C@H](C)C2)ncn1. The maximum Gasteiger partial charge on any atom is 0.218 e. The normalized spacial score (nSPS) is 17.5. The topological polar surface area (TPSA) is 76.5 Å². The third kappa shape index (κ3) is 4.07. The van der Waals surface area contributed by atoms with Gasteiger partial charge in [-0.25, -0.2) is 19.9 Å². The van der Waals surface area contributed by atoms with E-state index in [4.69, 9.17) is 9.47 Å². The molecule has 134 valence electrons. The van der Waals surface area contributed by atoms with E-state index >= 15 is 0 Å². The Morgan fingerprint density at radius 1 is 0.920 bits per heavy atom. The summed E-state index contributed by atoms with van der Waals surface area (Å²) in [5.74, 6) is 3.00. The van der Waals surface area contributed by atoms with Gasteiger partial charge in [0.25, 0.3) is 0 Å². The second kappa shape index (κ2) is 7.96. The van der Waals surface area contributed by atoms with Gasteiger partial charge in [-0.05, 0) is 20.8 Å². The number of ether oxygens (including phenoxy) is 2. The number of hydrogen-bond acceptors (Lipinski definition) is 8. The molecule has 0 N–H and O–H groups in total. The first-order valence-corrected chi connectivity index (χ1v) is 8.62. The first kappa shape index (κ1) is 17.2. The summed E-state index contributed by atoms with van der Waals surface area (Å²) in [6.07, 6.45) is 3.11. The molecule has 8 nitrogen and oxygen atoms in total. The van der Waals surface area contributed by atoms with Crippen LogP contribution >= 0.6 is 0 Å². The van der Waals surface area contributed by atoms with E-state index in [2.05, 4.69) is 36.7 Å². The van der Waals surface area contributed by atoms with Gasteiger partial charge >= 0.3 is 0 Å². The molecule has 0 spiro atoms. The van der Waals surface area contributed by atoms with Gasteiger partial charge in [0, 0.05) is 37.8 Å². The average Bonchev–Trinajstić information content (AvgIpc) is 2.63. The summed E-state index contributed by atoms with van der Waals surface area (Å²) in [5, 5.41) is 0. The maximum absolute atomic E-state index is 5.48. The molecule has 0 unspecified atom stereocenters. The fourth-order valence-corrected chi connectivity index (χ4v) is 2.95. The highest BCUT2D eigenvalue weighted by atomic mass is 16.5. The van der Waals surface area contributed by atoms with Crippen molar-refractivity contribution in [2.24, 2.45) is 0 Å². The van der Waals surface area contributed by atoms with Gasteiger partial charge in [-0.2, -0.15) is 0 Å². The minimum atomic E-state index is 0.281. The number of nitrogens with zero attached hydrogens (tertiary/aromatic N) is 6. The van der Waals surface area contributed by atoms with Gasteiger partial charge in [-0.1, -0.05) is 0 Å². The highest BCUT2D eigenvalue weighted by Gasteiger charge is 2.26. The van der Waals surface area contributed by atoms with Crippen LogP contribution in [-0.2, 0) is 0 Å². The lowest BCUT2D eigenvalue weighted by Crippen LogP contribution is -2.52. The Hall–Kier alpha value is -2.64. The summed E-state index contributed by atoms with van der Waals surface area (Å²) in [5.41, 5.74) is 0. The molecule has 0 saturated carbocycles. The standard InChI is InChI=1S/C17H24N6O2/c1-4-24-16-8-14(18-11-20-16)22-6-7-23(13(3)10-22)15-9-17(25-5-2)21-12-19-15/h8-9,11-13H,4-7,10H2,1-3H3/t13-/m1/s1. The quantitative estimate of drug-likeness (QED) is 0.785. The van der Waals surface area contributed by atoms with Crippen molar-refractivity contribution in [1.82, 2.24) is 19.9 Å². The van der Waals surface area contributed by atoms with Crippen molar-refractivity contribution in [3.63, 3.8) is 0 Å². The molecule has 1 fully saturated rings. The zero-order valence-corrected chi connectivity index (χ0v) is 14.9. The first-order valence-electron chi connectivity index (χ1n) is 8.62. The van der Waals surface area contributed by atoms with Crippen molar-refractivity contribution < 1.29 is 9.47 Å². The molecule has 25 heavy (non-hydrogen) atoms. The molecular formula is C17H24N6O2. The molecular weight excluding hydrogens is 320 g/mol. The van der Waals surface area contributed by atoms with Crippen LogP contribution in [0.2, 0.25) is 0 Å². The molecule has 1 atom stereocenters. The molecule has 2 aromatic rings. The average molecular weight is 344 g/mol. The van der Waals surface area contributed by atoms with E-state index in [0.717, 1.165) is 31.3 Å². The number of piperazine rings is 1. The van der Waals surface area contributed by atoms with E-state index in [9.17, 15) is 0 Å². The van der Waals surface area contributed by atoms with Crippen LogP contribution in [0.25, 0.3) is 0 Å². The smallest absolute Gasteiger partial charge is 0.218 e. The van der Waals surface area contributed by atoms with Gasteiger partial charge in [-0.15, -0.1) is 0 Å². The summed E-state index contributed by atoms with van der Waals surface area (Å²) in [4.78, 5) is 21.6. The maximum atomic E-state index is 5.48. The molecule has 0 amide bonds. The highest BCUT2D eigenvalue weighted by molar-refractivity contribution is 5.48. The molecule has 0 aromatic carbocycles. The minimum absolute atomic E-state index is 0.281. The van der Waals surface area contributed by atoms with Crippen molar-refractivity contribution in [3.05, 3.63) is 24.8 Å². The fraction of sp³-hybridized carbons (Fsp3) is 0.529. The summed E-state index contributed by atoms with van der Waals surface area (Å²) in [7, 11) is 0. The van der Waals surface area contributed by atoms with Crippen molar-refractivity contribution in [1.29, 1.82) is 0 Å². The van der Waals surface area contributed by atoms with E-state index in [1.807, 2.05) is 26.0 Å². The van der Waals surface area contributed by atoms with Crippen LogP contribution < -0.4 is 19.3 Å². The van der Waals surface area contributed by atoms with Crippen LogP contribution in [0.5, 0.6) is 11.8 Å². The molecule has 2 aromatic heterocycles. The zero-order chi connectivity index (χ0) is 17.6. The van der Waals surface area contributed by atoms with Gasteiger partial charge in [0.15, 0.2) is 0 Å². The molecule has 1 saturated heterocycles. The van der Waals surface area contributed by atoms with Gasteiger partial charge in [-0.3, -0.25) is 0 Å². The highest BCUT2D eigenvalue weighted by Crippen LogP contribution is 2.24. The molecule has 0 aliphatic carbocycles. The van der Waals surface area contributed by atoms with E-state index in [-0.39, 0.29) is 6.04 Å². The lowest BCUT2D eigenvalue weighted by atomic mass is 10.2. The molecule has 1 aliphatic heterocycles. The van der Waals surface area contributed by atoms with E-state index in [0.29, 0.717) is 25.0 Å². The van der Waals surface area contributed by atoms with Crippen molar-refractivity contribution >= 4 is 11.6 Å². The van der Waals surface area contributed by atoms with Gasteiger partial charge in [0.1, 0.15) is 24.3 Å². The Labute approximate surface area is 147 Å². The van der Waals surface area contributed by atoms with Crippen LogP contribution in [0.3, 0.4) is 0 Å². The van der Waals surface area contributed by atoms with E-state index in [1.165, 1.54) is 0 Å². The minimum Gasteiger partial charge on any atom is -0.478 e. The van der Waals surface area contributed by atoms with Crippen LogP contribution in [0, 0.1) is 0 Å². The Bertz CT molecular complexity index is 698. The van der Waals surface area contributed by atoms with Crippen LogP contribution in [-0.4, -0.2) is 58.8 Å². The number of hydrogen-bond donors (Lipinski definition) is 0. The first-order chi connectivity index (χ1) is 12.2. The third-order valence-corrected chi connectivity index (χ3v) is 4.09. The Balaban J connectivity index is 1.70. The largest absolute Gasteiger partial charge is 0.478 e. The molecule has 1 aliphatic rings. The lowest BCUT2D eigenvalue weighted by molar-refractivity contribution is 0.325. The van der Waals surface area contributed by atoms with E-state index < -0.39 is 0 Å². The predicted molar refractivity (Wildman–Crippen MR) is 95.4 cm³/mol. The van der Waals surface area contributed by atoms with Gasteiger partial charge < -0.3 is 19.3 Å².